The molecule has 5 atom stereocenters. The van der Waals surface area contributed by atoms with Gasteiger partial charge in [-0.05, 0) is 36.4 Å². The molecule has 1 aliphatic rings. The molecule has 2 aromatic carbocycles. The van der Waals surface area contributed by atoms with Gasteiger partial charge in [0.1, 0.15) is 36.8 Å². The summed E-state index contributed by atoms with van der Waals surface area (Å²) in [5, 5.41) is 30.8. The van der Waals surface area contributed by atoms with E-state index in [1.165, 1.54) is 19.2 Å². The van der Waals surface area contributed by atoms with Crippen LogP contribution in [0.2, 0.25) is 25.7 Å². The maximum absolute atomic E-state index is 12.6. The number of carbonyl (C=O) groups is 1. The molecule has 3 N–H and O–H groups in total. The molecule has 9 nitrogen and oxygen atoms in total. The average molecular weight is 507 g/mol. The SMILES string of the molecule is COc1cc(C(=O)OC[C@H]2O[C@@H](OCC[Si](C)(C)C)[C@H](O)[C@@H](O)[C@@H]2O)ccc1Oc1ccccc1. The molecular formula is C25H34O9Si. The van der Waals surface area contributed by atoms with Crippen LogP contribution in [0.5, 0.6) is 17.2 Å². The summed E-state index contributed by atoms with van der Waals surface area (Å²) in [6.07, 6.45) is -6.58. The topological polar surface area (TPSA) is 124 Å². The van der Waals surface area contributed by atoms with E-state index in [1.807, 2.05) is 18.2 Å². The van der Waals surface area contributed by atoms with Crippen LogP contribution in [0.25, 0.3) is 0 Å². The van der Waals surface area contributed by atoms with Gasteiger partial charge in [-0.25, -0.2) is 4.79 Å². The number of methoxy groups -OCH3 is 1. The second-order valence-corrected chi connectivity index (χ2v) is 15.2. The van der Waals surface area contributed by atoms with Crippen LogP contribution in [-0.4, -0.2) is 80.4 Å². The van der Waals surface area contributed by atoms with Gasteiger partial charge in [0.25, 0.3) is 0 Å². The zero-order valence-electron chi connectivity index (χ0n) is 20.4. The minimum absolute atomic E-state index is 0.205. The van der Waals surface area contributed by atoms with Crippen molar-refractivity contribution in [1.82, 2.24) is 0 Å². The highest BCUT2D eigenvalue weighted by atomic mass is 28.3. The zero-order valence-corrected chi connectivity index (χ0v) is 21.4. The molecule has 0 saturated carbocycles. The number of hydrogen-bond donors (Lipinski definition) is 3. The van der Waals surface area contributed by atoms with E-state index in [1.54, 1.807) is 18.2 Å². The van der Waals surface area contributed by atoms with Crippen molar-refractivity contribution >= 4 is 14.0 Å². The maximum Gasteiger partial charge on any atom is 0.338 e. The molecule has 0 aromatic heterocycles. The first-order valence-corrected chi connectivity index (χ1v) is 15.2. The molecule has 10 heteroatoms. The second kappa shape index (κ2) is 12.0. The standard InChI is InChI=1S/C25H34O9Si/c1-30-19-14-16(10-11-18(19)33-17-8-6-5-7-9-17)24(29)32-15-20-21(26)22(27)23(28)25(34-20)31-12-13-35(2,3)4/h5-11,14,20-23,25-28H,12-13,15H2,1-4H3/t20-,21-,22+,23-,25-/m1/s1. The third-order valence-electron chi connectivity index (χ3n) is 5.55. The third kappa shape index (κ3) is 7.50. The number of carbonyl (C=O) groups excluding carboxylic acids is 1. The molecule has 192 valence electrons. The summed E-state index contributed by atoms with van der Waals surface area (Å²) in [6, 6.07) is 14.6. The summed E-state index contributed by atoms with van der Waals surface area (Å²) in [6.45, 7) is 6.56. The van der Waals surface area contributed by atoms with Crippen LogP contribution < -0.4 is 9.47 Å². The number of ether oxygens (including phenoxy) is 5. The number of para-hydroxylation sites is 1. The van der Waals surface area contributed by atoms with E-state index in [9.17, 15) is 20.1 Å². The van der Waals surface area contributed by atoms with Crippen LogP contribution in [0, 0.1) is 0 Å². The van der Waals surface area contributed by atoms with E-state index >= 15 is 0 Å². The Bertz CT molecular complexity index is 963. The smallest absolute Gasteiger partial charge is 0.338 e. The molecule has 2 aromatic rings. The number of hydrogen-bond acceptors (Lipinski definition) is 9. The van der Waals surface area contributed by atoms with E-state index in [0.717, 1.165) is 6.04 Å². The minimum atomic E-state index is -1.50. The highest BCUT2D eigenvalue weighted by Crippen LogP contribution is 2.32. The Labute approximate surface area is 206 Å². The fraction of sp³-hybridized carbons (Fsp3) is 0.480. The largest absolute Gasteiger partial charge is 0.493 e. The van der Waals surface area contributed by atoms with Crippen LogP contribution in [0.4, 0.5) is 0 Å². The summed E-state index contributed by atoms with van der Waals surface area (Å²) >= 11 is 0. The Kier molecular flexibility index (Phi) is 9.28. The minimum Gasteiger partial charge on any atom is -0.493 e. The third-order valence-corrected chi connectivity index (χ3v) is 7.26. The van der Waals surface area contributed by atoms with Crippen LogP contribution in [-0.2, 0) is 14.2 Å². The number of aliphatic hydroxyl groups is 3. The molecule has 3 rings (SSSR count). The van der Waals surface area contributed by atoms with Crippen molar-refractivity contribution in [2.45, 2.75) is 56.4 Å². The summed E-state index contributed by atoms with van der Waals surface area (Å²) < 4.78 is 27.7. The lowest BCUT2D eigenvalue weighted by Gasteiger charge is -2.40. The summed E-state index contributed by atoms with van der Waals surface area (Å²) in [4.78, 5) is 12.6. The van der Waals surface area contributed by atoms with E-state index < -0.39 is 44.7 Å². The normalized spacial score (nSPS) is 24.6. The van der Waals surface area contributed by atoms with Gasteiger partial charge in [0.05, 0.1) is 12.7 Å². The maximum atomic E-state index is 12.6. The van der Waals surface area contributed by atoms with Gasteiger partial charge in [-0.3, -0.25) is 0 Å². The Morgan fingerprint density at radius 3 is 2.34 bits per heavy atom. The first-order chi connectivity index (χ1) is 16.6. The monoisotopic (exact) mass is 506 g/mol. The lowest BCUT2D eigenvalue weighted by atomic mass is 9.99. The van der Waals surface area contributed by atoms with Crippen molar-refractivity contribution in [3.63, 3.8) is 0 Å². The van der Waals surface area contributed by atoms with E-state index in [2.05, 4.69) is 19.6 Å². The quantitative estimate of drug-likeness (QED) is 0.330. The Balaban J connectivity index is 1.60. The Hall–Kier alpha value is -2.47. The van der Waals surface area contributed by atoms with E-state index in [-0.39, 0.29) is 12.2 Å². The predicted octanol–water partition coefficient (Wildman–Crippen LogP) is 2.81. The lowest BCUT2D eigenvalue weighted by molar-refractivity contribution is -0.299. The van der Waals surface area contributed by atoms with Gasteiger partial charge in [0.2, 0.25) is 0 Å². The van der Waals surface area contributed by atoms with Gasteiger partial charge in [-0.2, -0.15) is 0 Å². The Morgan fingerprint density at radius 2 is 1.69 bits per heavy atom. The molecule has 1 heterocycles. The summed E-state index contributed by atoms with van der Waals surface area (Å²) in [5.74, 6) is 0.706. The van der Waals surface area contributed by atoms with Crippen molar-refractivity contribution in [2.75, 3.05) is 20.3 Å². The van der Waals surface area contributed by atoms with Crippen LogP contribution in [0.3, 0.4) is 0 Å². The summed E-state index contributed by atoms with van der Waals surface area (Å²) in [7, 11) is 0.0861. The number of esters is 1. The molecule has 0 unspecified atom stereocenters. The van der Waals surface area contributed by atoms with Gasteiger partial charge in [0.15, 0.2) is 17.8 Å². The molecule has 0 spiro atoms. The van der Waals surface area contributed by atoms with Crippen molar-refractivity contribution < 1.29 is 43.8 Å². The van der Waals surface area contributed by atoms with Crippen molar-refractivity contribution in [3.05, 3.63) is 54.1 Å². The fourth-order valence-corrected chi connectivity index (χ4v) is 4.14. The first kappa shape index (κ1) is 27.1. The molecule has 0 bridgehead atoms. The van der Waals surface area contributed by atoms with Crippen molar-refractivity contribution in [1.29, 1.82) is 0 Å². The molecule has 1 fully saturated rings. The van der Waals surface area contributed by atoms with Crippen LogP contribution in [0.15, 0.2) is 48.5 Å². The zero-order chi connectivity index (χ0) is 25.6. The molecule has 35 heavy (non-hydrogen) atoms. The van der Waals surface area contributed by atoms with Crippen molar-refractivity contribution in [2.24, 2.45) is 0 Å². The molecule has 0 radical (unpaired) electrons. The summed E-state index contributed by atoms with van der Waals surface area (Å²) in [5.41, 5.74) is 0.205. The number of benzene rings is 2. The molecular weight excluding hydrogens is 472 g/mol. The number of rotatable bonds is 10. The van der Waals surface area contributed by atoms with Crippen molar-refractivity contribution in [3.8, 4) is 17.2 Å². The number of aliphatic hydroxyl groups excluding tert-OH is 3. The average Bonchev–Trinajstić information content (AvgIpc) is 2.83. The van der Waals surface area contributed by atoms with Gasteiger partial charge in [0, 0.05) is 14.7 Å². The molecule has 0 amide bonds. The van der Waals surface area contributed by atoms with Crippen LogP contribution in [0.1, 0.15) is 10.4 Å². The van der Waals surface area contributed by atoms with Gasteiger partial charge in [-0.1, -0.05) is 37.8 Å². The van der Waals surface area contributed by atoms with Gasteiger partial charge in [-0.15, -0.1) is 0 Å². The second-order valence-electron chi connectivity index (χ2n) is 9.58. The highest BCUT2D eigenvalue weighted by molar-refractivity contribution is 6.76. The molecule has 1 aliphatic heterocycles. The predicted molar refractivity (Wildman–Crippen MR) is 131 cm³/mol. The highest BCUT2D eigenvalue weighted by Gasteiger charge is 2.44. The van der Waals surface area contributed by atoms with E-state index in [0.29, 0.717) is 23.9 Å². The van der Waals surface area contributed by atoms with Crippen LogP contribution >= 0.6 is 0 Å². The van der Waals surface area contributed by atoms with Gasteiger partial charge < -0.3 is 39.0 Å². The lowest BCUT2D eigenvalue weighted by Crippen LogP contribution is -2.59. The molecule has 1 saturated heterocycles. The van der Waals surface area contributed by atoms with Gasteiger partial charge >= 0.3 is 5.97 Å². The molecule has 0 aliphatic carbocycles. The van der Waals surface area contributed by atoms with E-state index in [4.69, 9.17) is 23.7 Å². The Morgan fingerprint density at radius 1 is 0.971 bits per heavy atom. The first-order valence-electron chi connectivity index (χ1n) is 11.5. The fourth-order valence-electron chi connectivity index (χ4n) is 3.41.